The van der Waals surface area contributed by atoms with E-state index in [1.807, 2.05) is 0 Å². The number of benzene rings is 1. The Morgan fingerprint density at radius 3 is 2.94 bits per heavy atom. The topological polar surface area (TPSA) is 12.0 Å². The lowest BCUT2D eigenvalue weighted by Crippen LogP contribution is -2.27. The predicted molar refractivity (Wildman–Crippen MR) is 75.7 cm³/mol. The zero-order valence-corrected chi connectivity index (χ0v) is 11.7. The monoisotopic (exact) mass is 283 g/mol. The van der Waals surface area contributed by atoms with E-state index in [9.17, 15) is 4.39 Å². The van der Waals surface area contributed by atoms with Gasteiger partial charge in [0.2, 0.25) is 0 Å². The molecular weight excluding hydrogens is 269 g/mol. The van der Waals surface area contributed by atoms with Crippen molar-refractivity contribution in [3.63, 3.8) is 0 Å². The minimum Gasteiger partial charge on any atom is -0.310 e. The van der Waals surface area contributed by atoms with Crippen molar-refractivity contribution in [3.8, 4) is 0 Å². The van der Waals surface area contributed by atoms with Gasteiger partial charge in [-0.15, -0.1) is 0 Å². The van der Waals surface area contributed by atoms with Crippen molar-refractivity contribution in [1.29, 1.82) is 0 Å². The summed E-state index contributed by atoms with van der Waals surface area (Å²) in [5, 5.41) is 7.70. The summed E-state index contributed by atoms with van der Waals surface area (Å²) in [4.78, 5) is 0. The fraction of sp³-hybridized carbons (Fsp3) is 0.286. The van der Waals surface area contributed by atoms with Crippen LogP contribution in [0.15, 0.2) is 35.0 Å². The Kier molecular flexibility index (Phi) is 4.75. The Labute approximate surface area is 116 Å². The van der Waals surface area contributed by atoms with Crippen molar-refractivity contribution in [2.45, 2.75) is 25.9 Å². The fourth-order valence-electron chi connectivity index (χ4n) is 1.80. The summed E-state index contributed by atoms with van der Waals surface area (Å²) in [5.74, 6) is -0.325. The average Bonchev–Trinajstić information content (AvgIpc) is 2.84. The maximum Gasteiger partial charge on any atom is 0.146 e. The Morgan fingerprint density at radius 2 is 2.22 bits per heavy atom. The van der Waals surface area contributed by atoms with Crippen molar-refractivity contribution in [2.75, 3.05) is 0 Å². The number of rotatable bonds is 5. The number of hydrogen-bond donors (Lipinski definition) is 1. The Balaban J connectivity index is 1.89. The van der Waals surface area contributed by atoms with E-state index < -0.39 is 0 Å². The normalized spacial score (nSPS) is 12.6. The molecule has 96 valence electrons. The van der Waals surface area contributed by atoms with Gasteiger partial charge in [0.05, 0.1) is 5.02 Å². The highest BCUT2D eigenvalue weighted by atomic mass is 35.5. The quantitative estimate of drug-likeness (QED) is 0.864. The first-order valence-electron chi connectivity index (χ1n) is 5.84. The number of halogens is 2. The van der Waals surface area contributed by atoms with E-state index in [1.54, 1.807) is 29.5 Å². The molecule has 0 amide bonds. The molecule has 0 bridgehead atoms. The largest absolute Gasteiger partial charge is 0.310 e. The first kappa shape index (κ1) is 13.5. The van der Waals surface area contributed by atoms with Crippen molar-refractivity contribution in [1.82, 2.24) is 5.32 Å². The summed E-state index contributed by atoms with van der Waals surface area (Å²) in [6.07, 6.45) is 0.950. The molecule has 0 spiro atoms. The van der Waals surface area contributed by atoms with Crippen molar-refractivity contribution in [2.24, 2.45) is 0 Å². The summed E-state index contributed by atoms with van der Waals surface area (Å²) in [6.45, 7) is 2.60. The van der Waals surface area contributed by atoms with Crippen LogP contribution in [0.4, 0.5) is 4.39 Å². The van der Waals surface area contributed by atoms with E-state index >= 15 is 0 Å². The highest BCUT2D eigenvalue weighted by Gasteiger charge is 2.08. The maximum atomic E-state index is 13.7. The van der Waals surface area contributed by atoms with Gasteiger partial charge in [0, 0.05) is 18.2 Å². The first-order chi connectivity index (χ1) is 8.66. The molecule has 1 unspecified atom stereocenters. The summed E-state index contributed by atoms with van der Waals surface area (Å²) in [6, 6.07) is 7.51. The molecule has 0 radical (unpaired) electrons. The van der Waals surface area contributed by atoms with Crippen LogP contribution in [0, 0.1) is 5.82 Å². The van der Waals surface area contributed by atoms with Crippen LogP contribution in [0.25, 0.3) is 0 Å². The fourth-order valence-corrected chi connectivity index (χ4v) is 2.68. The van der Waals surface area contributed by atoms with Crippen LogP contribution in [-0.4, -0.2) is 6.04 Å². The van der Waals surface area contributed by atoms with E-state index in [1.165, 1.54) is 5.56 Å². The van der Waals surface area contributed by atoms with Gasteiger partial charge in [-0.2, -0.15) is 11.3 Å². The molecule has 0 aliphatic rings. The summed E-state index contributed by atoms with van der Waals surface area (Å²) >= 11 is 7.44. The second-order valence-corrected chi connectivity index (χ2v) is 5.52. The molecule has 1 heterocycles. The second kappa shape index (κ2) is 6.32. The molecular formula is C14H15ClFNS. The standard InChI is InChI=1S/C14H15ClFNS/c1-10(7-11-5-6-18-9-11)17-8-12-3-2-4-13(15)14(12)16/h2-6,9-10,17H,7-8H2,1H3. The molecule has 0 saturated carbocycles. The highest BCUT2D eigenvalue weighted by molar-refractivity contribution is 7.07. The van der Waals surface area contributed by atoms with E-state index in [-0.39, 0.29) is 10.8 Å². The Morgan fingerprint density at radius 1 is 1.39 bits per heavy atom. The lowest BCUT2D eigenvalue weighted by molar-refractivity contribution is 0.526. The molecule has 1 aromatic heterocycles. The molecule has 18 heavy (non-hydrogen) atoms. The van der Waals surface area contributed by atoms with E-state index in [4.69, 9.17) is 11.6 Å². The van der Waals surface area contributed by atoms with Crippen molar-refractivity contribution >= 4 is 22.9 Å². The smallest absolute Gasteiger partial charge is 0.146 e. The van der Waals surface area contributed by atoms with Crippen LogP contribution in [0.3, 0.4) is 0 Å². The lowest BCUT2D eigenvalue weighted by Gasteiger charge is -2.13. The highest BCUT2D eigenvalue weighted by Crippen LogP contribution is 2.18. The maximum absolute atomic E-state index is 13.7. The van der Waals surface area contributed by atoms with Gasteiger partial charge in [0.25, 0.3) is 0 Å². The minimum atomic E-state index is -0.325. The van der Waals surface area contributed by atoms with Gasteiger partial charge in [-0.25, -0.2) is 4.39 Å². The van der Waals surface area contributed by atoms with Crippen LogP contribution >= 0.6 is 22.9 Å². The lowest BCUT2D eigenvalue weighted by atomic mass is 10.1. The molecule has 4 heteroatoms. The third-order valence-electron chi connectivity index (χ3n) is 2.79. The molecule has 0 fully saturated rings. The summed E-state index contributed by atoms with van der Waals surface area (Å²) < 4.78 is 13.7. The van der Waals surface area contributed by atoms with E-state index in [2.05, 4.69) is 29.1 Å². The van der Waals surface area contributed by atoms with Crippen molar-refractivity contribution < 1.29 is 4.39 Å². The zero-order chi connectivity index (χ0) is 13.0. The van der Waals surface area contributed by atoms with E-state index in [0.29, 0.717) is 18.2 Å². The Bertz CT molecular complexity index is 499. The van der Waals surface area contributed by atoms with Gasteiger partial charge < -0.3 is 5.32 Å². The first-order valence-corrected chi connectivity index (χ1v) is 7.16. The molecule has 2 rings (SSSR count). The Hall–Kier alpha value is -0.900. The molecule has 1 aromatic carbocycles. The van der Waals surface area contributed by atoms with Gasteiger partial charge in [-0.1, -0.05) is 23.7 Å². The molecule has 2 aromatic rings. The molecule has 0 saturated heterocycles. The summed E-state index contributed by atoms with van der Waals surface area (Å²) in [5.41, 5.74) is 1.92. The van der Waals surface area contributed by atoms with Crippen LogP contribution in [0.1, 0.15) is 18.1 Å². The summed E-state index contributed by atoms with van der Waals surface area (Å²) in [7, 11) is 0. The zero-order valence-electron chi connectivity index (χ0n) is 10.1. The predicted octanol–water partition coefficient (Wildman–Crippen LogP) is 4.26. The van der Waals surface area contributed by atoms with Crippen LogP contribution < -0.4 is 5.32 Å². The number of hydrogen-bond acceptors (Lipinski definition) is 2. The molecule has 1 N–H and O–H groups in total. The van der Waals surface area contributed by atoms with E-state index in [0.717, 1.165) is 6.42 Å². The second-order valence-electron chi connectivity index (χ2n) is 4.33. The molecule has 0 aliphatic heterocycles. The molecule has 0 aliphatic carbocycles. The molecule has 1 atom stereocenters. The minimum absolute atomic E-state index is 0.180. The number of nitrogens with one attached hydrogen (secondary N) is 1. The molecule has 1 nitrogen and oxygen atoms in total. The number of thiophene rings is 1. The average molecular weight is 284 g/mol. The van der Waals surface area contributed by atoms with Gasteiger partial charge in [0.1, 0.15) is 5.82 Å². The van der Waals surface area contributed by atoms with Crippen LogP contribution in [-0.2, 0) is 13.0 Å². The van der Waals surface area contributed by atoms with Gasteiger partial charge >= 0.3 is 0 Å². The van der Waals surface area contributed by atoms with Gasteiger partial charge in [-0.3, -0.25) is 0 Å². The SMILES string of the molecule is CC(Cc1ccsc1)NCc1cccc(Cl)c1F. The van der Waals surface area contributed by atoms with Crippen molar-refractivity contribution in [3.05, 3.63) is 57.0 Å². The van der Waals surface area contributed by atoms with Crippen LogP contribution in [0.2, 0.25) is 5.02 Å². The van der Waals surface area contributed by atoms with Crippen LogP contribution in [0.5, 0.6) is 0 Å². The third kappa shape index (κ3) is 3.55. The van der Waals surface area contributed by atoms with Gasteiger partial charge in [0.15, 0.2) is 0 Å². The third-order valence-corrected chi connectivity index (χ3v) is 3.82. The van der Waals surface area contributed by atoms with Gasteiger partial charge in [-0.05, 0) is 41.8 Å².